The molecule has 1 aromatic heterocycles. The number of fused-ring (bicyclic) bond motifs is 1. The Labute approximate surface area is 117 Å². The van der Waals surface area contributed by atoms with Gasteiger partial charge < -0.3 is 9.84 Å². The van der Waals surface area contributed by atoms with E-state index in [-0.39, 0.29) is 0 Å². The largest absolute Gasteiger partial charge is 0.338 e. The fraction of sp³-hybridized carbons (Fsp3) is 0.125. The van der Waals surface area contributed by atoms with Crippen LogP contribution in [0.3, 0.4) is 0 Å². The average molecular weight is 265 g/mol. The van der Waals surface area contributed by atoms with Gasteiger partial charge in [-0.1, -0.05) is 47.6 Å². The summed E-state index contributed by atoms with van der Waals surface area (Å²) in [6.07, 6.45) is 1.79. The molecule has 2 aromatic carbocycles. The fourth-order valence-corrected chi connectivity index (χ4v) is 2.05. The van der Waals surface area contributed by atoms with Crippen LogP contribution in [0.15, 0.2) is 59.6 Å². The van der Waals surface area contributed by atoms with E-state index in [4.69, 9.17) is 4.52 Å². The van der Waals surface area contributed by atoms with Crippen molar-refractivity contribution >= 4 is 10.8 Å². The Hall–Kier alpha value is -2.46. The molecule has 4 heteroatoms. The van der Waals surface area contributed by atoms with Gasteiger partial charge >= 0.3 is 0 Å². The predicted molar refractivity (Wildman–Crippen MR) is 79.1 cm³/mol. The standard InChI is InChI=1S/C16H15N3O/c1-2-9-17-11-15-18-16(19-20-15)14-8-7-12-5-3-4-6-13(12)10-14/h2-8,10,17H,1,9,11H2. The lowest BCUT2D eigenvalue weighted by atomic mass is 10.1. The molecule has 0 aliphatic carbocycles. The van der Waals surface area contributed by atoms with Gasteiger partial charge in [0.25, 0.3) is 0 Å². The molecule has 0 amide bonds. The first-order valence-electron chi connectivity index (χ1n) is 6.50. The minimum Gasteiger partial charge on any atom is -0.338 e. The highest BCUT2D eigenvalue weighted by Gasteiger charge is 2.08. The molecule has 3 rings (SSSR count). The minimum absolute atomic E-state index is 0.548. The zero-order valence-electron chi connectivity index (χ0n) is 11.0. The molecule has 0 fully saturated rings. The van der Waals surface area contributed by atoms with Crippen molar-refractivity contribution < 1.29 is 4.52 Å². The molecule has 0 spiro atoms. The number of rotatable bonds is 5. The van der Waals surface area contributed by atoms with E-state index in [1.165, 1.54) is 10.8 Å². The van der Waals surface area contributed by atoms with Gasteiger partial charge in [0.15, 0.2) is 0 Å². The van der Waals surface area contributed by atoms with Gasteiger partial charge in [0, 0.05) is 12.1 Å². The lowest BCUT2D eigenvalue weighted by Crippen LogP contribution is -2.12. The highest BCUT2D eigenvalue weighted by atomic mass is 16.5. The van der Waals surface area contributed by atoms with E-state index in [0.29, 0.717) is 24.8 Å². The highest BCUT2D eigenvalue weighted by molar-refractivity contribution is 5.86. The molecule has 4 nitrogen and oxygen atoms in total. The maximum absolute atomic E-state index is 5.22. The van der Waals surface area contributed by atoms with E-state index in [0.717, 1.165) is 5.56 Å². The fourth-order valence-electron chi connectivity index (χ4n) is 2.05. The molecule has 0 saturated carbocycles. The molecule has 3 aromatic rings. The molecule has 0 aliphatic rings. The third kappa shape index (κ3) is 2.60. The maximum atomic E-state index is 5.22. The summed E-state index contributed by atoms with van der Waals surface area (Å²) < 4.78 is 5.22. The third-order valence-electron chi connectivity index (χ3n) is 3.04. The number of nitrogens with one attached hydrogen (secondary N) is 1. The summed E-state index contributed by atoms with van der Waals surface area (Å²) in [5.74, 6) is 1.20. The van der Waals surface area contributed by atoms with Crippen molar-refractivity contribution in [1.29, 1.82) is 0 Å². The Bertz CT molecular complexity index is 733. The number of nitrogens with zero attached hydrogens (tertiary/aromatic N) is 2. The SMILES string of the molecule is C=CCNCc1nc(-c2ccc3ccccc3c2)no1. The minimum atomic E-state index is 0.548. The van der Waals surface area contributed by atoms with Gasteiger partial charge in [0.1, 0.15) is 0 Å². The van der Waals surface area contributed by atoms with Crippen LogP contribution in [0.2, 0.25) is 0 Å². The third-order valence-corrected chi connectivity index (χ3v) is 3.04. The summed E-state index contributed by atoms with van der Waals surface area (Å²) in [4.78, 5) is 4.38. The summed E-state index contributed by atoms with van der Waals surface area (Å²) >= 11 is 0. The normalized spacial score (nSPS) is 10.8. The lowest BCUT2D eigenvalue weighted by molar-refractivity contribution is 0.370. The summed E-state index contributed by atoms with van der Waals surface area (Å²) in [5, 5.41) is 9.52. The van der Waals surface area contributed by atoms with Gasteiger partial charge in [-0.25, -0.2) is 0 Å². The second-order valence-electron chi connectivity index (χ2n) is 4.49. The molecule has 100 valence electrons. The quantitative estimate of drug-likeness (QED) is 0.568. The van der Waals surface area contributed by atoms with Gasteiger partial charge in [0.2, 0.25) is 11.7 Å². The Kier molecular flexibility index (Phi) is 3.56. The first-order valence-corrected chi connectivity index (χ1v) is 6.50. The topological polar surface area (TPSA) is 51.0 Å². The molecule has 20 heavy (non-hydrogen) atoms. The molecule has 0 radical (unpaired) electrons. The van der Waals surface area contributed by atoms with Gasteiger partial charge in [-0.2, -0.15) is 4.98 Å². The molecule has 0 bridgehead atoms. The zero-order valence-corrected chi connectivity index (χ0v) is 11.0. The van der Waals surface area contributed by atoms with E-state index in [9.17, 15) is 0 Å². The molecule has 0 aliphatic heterocycles. The van der Waals surface area contributed by atoms with Crippen molar-refractivity contribution in [1.82, 2.24) is 15.5 Å². The molecule has 0 saturated heterocycles. The van der Waals surface area contributed by atoms with Crippen LogP contribution in [0.4, 0.5) is 0 Å². The van der Waals surface area contributed by atoms with E-state index in [2.05, 4.69) is 46.3 Å². The maximum Gasteiger partial charge on any atom is 0.240 e. The molecule has 1 heterocycles. The molecule has 0 unspecified atom stereocenters. The molecule has 1 N–H and O–H groups in total. The van der Waals surface area contributed by atoms with E-state index in [1.54, 1.807) is 6.08 Å². The van der Waals surface area contributed by atoms with Crippen LogP contribution < -0.4 is 5.32 Å². The van der Waals surface area contributed by atoms with Crippen LogP contribution in [0.1, 0.15) is 5.89 Å². The van der Waals surface area contributed by atoms with Crippen molar-refractivity contribution in [3.05, 3.63) is 61.0 Å². The lowest BCUT2D eigenvalue weighted by Gasteiger charge is -1.99. The summed E-state index contributed by atoms with van der Waals surface area (Å²) in [7, 11) is 0. The van der Waals surface area contributed by atoms with Crippen molar-refractivity contribution in [2.45, 2.75) is 6.54 Å². The van der Waals surface area contributed by atoms with Crippen LogP contribution >= 0.6 is 0 Å². The summed E-state index contributed by atoms with van der Waals surface area (Å²) in [6, 6.07) is 14.4. The number of aromatic nitrogens is 2. The van der Waals surface area contributed by atoms with E-state index >= 15 is 0 Å². The van der Waals surface area contributed by atoms with Crippen molar-refractivity contribution in [3.8, 4) is 11.4 Å². The van der Waals surface area contributed by atoms with Crippen LogP contribution in [0.25, 0.3) is 22.2 Å². The molecular weight excluding hydrogens is 250 g/mol. The number of hydrogen-bond donors (Lipinski definition) is 1. The van der Waals surface area contributed by atoms with Gasteiger partial charge in [-0.3, -0.25) is 0 Å². The van der Waals surface area contributed by atoms with Gasteiger partial charge in [-0.15, -0.1) is 6.58 Å². The zero-order chi connectivity index (χ0) is 13.8. The Morgan fingerprint density at radius 2 is 2.00 bits per heavy atom. The highest BCUT2D eigenvalue weighted by Crippen LogP contribution is 2.22. The predicted octanol–water partition coefficient (Wildman–Crippen LogP) is 3.17. The Morgan fingerprint density at radius 1 is 1.15 bits per heavy atom. The summed E-state index contributed by atoms with van der Waals surface area (Å²) in [5.41, 5.74) is 0.961. The molecular formula is C16H15N3O. The second kappa shape index (κ2) is 5.67. The first kappa shape index (κ1) is 12.6. The van der Waals surface area contributed by atoms with Gasteiger partial charge in [0.05, 0.1) is 6.54 Å². The van der Waals surface area contributed by atoms with E-state index < -0.39 is 0 Å². The Balaban J connectivity index is 1.85. The Morgan fingerprint density at radius 3 is 2.85 bits per heavy atom. The van der Waals surface area contributed by atoms with Crippen molar-refractivity contribution in [2.24, 2.45) is 0 Å². The van der Waals surface area contributed by atoms with Crippen molar-refractivity contribution in [2.75, 3.05) is 6.54 Å². The van der Waals surface area contributed by atoms with Crippen LogP contribution in [-0.2, 0) is 6.54 Å². The van der Waals surface area contributed by atoms with Crippen LogP contribution in [0, 0.1) is 0 Å². The van der Waals surface area contributed by atoms with Crippen LogP contribution in [0.5, 0.6) is 0 Å². The monoisotopic (exact) mass is 265 g/mol. The number of hydrogen-bond acceptors (Lipinski definition) is 4. The van der Waals surface area contributed by atoms with Crippen molar-refractivity contribution in [3.63, 3.8) is 0 Å². The first-order chi connectivity index (χ1) is 9.86. The van der Waals surface area contributed by atoms with E-state index in [1.807, 2.05) is 18.2 Å². The number of benzene rings is 2. The average Bonchev–Trinajstić information content (AvgIpc) is 2.96. The molecule has 0 atom stereocenters. The van der Waals surface area contributed by atoms with Gasteiger partial charge in [-0.05, 0) is 16.8 Å². The van der Waals surface area contributed by atoms with Crippen LogP contribution in [-0.4, -0.2) is 16.7 Å². The smallest absolute Gasteiger partial charge is 0.240 e. The second-order valence-corrected chi connectivity index (χ2v) is 4.49. The summed E-state index contributed by atoms with van der Waals surface area (Å²) in [6.45, 7) is 4.91.